The number of rotatable bonds is 7. The summed E-state index contributed by atoms with van der Waals surface area (Å²) in [4.78, 5) is 43.6. The first-order valence-corrected chi connectivity index (χ1v) is 15.3. The highest BCUT2D eigenvalue weighted by Crippen LogP contribution is 2.55. The molecule has 3 fully saturated rings. The van der Waals surface area contributed by atoms with Gasteiger partial charge in [0.15, 0.2) is 0 Å². The number of carbonyl (C=O) groups is 3. The van der Waals surface area contributed by atoms with E-state index in [1.54, 1.807) is 29.2 Å². The lowest BCUT2D eigenvalue weighted by molar-refractivity contribution is -0.141. The van der Waals surface area contributed by atoms with Crippen LogP contribution < -0.4 is 10.6 Å². The summed E-state index contributed by atoms with van der Waals surface area (Å²) < 4.78 is 20.1. The first kappa shape index (κ1) is 29.1. The van der Waals surface area contributed by atoms with Gasteiger partial charge in [-0.15, -0.1) is 0 Å². The third-order valence-corrected chi connectivity index (χ3v) is 10.2. The number of carbonyl (C=O) groups excluding carboxylic acids is 3. The Morgan fingerprint density at radius 1 is 1.10 bits per heavy atom. The fraction of sp³-hybridized carbons (Fsp3) is 0.469. The van der Waals surface area contributed by atoms with Crippen LogP contribution in [0.4, 0.5) is 10.1 Å². The molecular weight excluding hydrogens is 580 g/mol. The van der Waals surface area contributed by atoms with Gasteiger partial charge in [0.1, 0.15) is 17.5 Å². The minimum absolute atomic E-state index is 0.00480. The number of hydrogen-bond donors (Lipinski definition) is 2. The molecule has 0 radical (unpaired) electrons. The molecule has 1 saturated carbocycles. The van der Waals surface area contributed by atoms with Crippen LogP contribution >= 0.6 is 23.2 Å². The van der Waals surface area contributed by atoms with E-state index in [0.717, 1.165) is 24.8 Å². The molecule has 8 atom stereocenters. The third kappa shape index (κ3) is 5.01. The highest BCUT2D eigenvalue weighted by molar-refractivity contribution is 6.31. The van der Waals surface area contributed by atoms with Crippen molar-refractivity contribution in [2.75, 3.05) is 11.9 Å². The summed E-state index contributed by atoms with van der Waals surface area (Å²) in [6, 6.07) is 10.4. The van der Waals surface area contributed by atoms with Gasteiger partial charge in [-0.1, -0.05) is 74.2 Å². The SMILES string of the molecule is CC1CCCC(NC(=O)C2N(CCc3ccc(Cl)cc3)C(=O)C3C(C(=O)Nc4ccc(F)c(Cl)c4)C4C=CC32O4)C1C. The maximum atomic E-state index is 14.2. The number of hydrogen-bond acceptors (Lipinski definition) is 4. The molecule has 2 saturated heterocycles. The number of likely N-dealkylation sites (tertiary alicyclic amines) is 1. The van der Waals surface area contributed by atoms with Crippen molar-refractivity contribution in [3.63, 3.8) is 0 Å². The fourth-order valence-corrected chi connectivity index (χ4v) is 7.56. The molecule has 8 unspecified atom stereocenters. The number of fused-ring (bicyclic) bond motifs is 1. The molecule has 4 aliphatic rings. The Kier molecular flexibility index (Phi) is 7.83. The molecule has 42 heavy (non-hydrogen) atoms. The molecule has 7 nitrogen and oxygen atoms in total. The summed E-state index contributed by atoms with van der Waals surface area (Å²) in [5.41, 5.74) is 0.0171. The van der Waals surface area contributed by atoms with E-state index in [2.05, 4.69) is 24.5 Å². The minimum atomic E-state index is -1.27. The normalized spacial score (nSPS) is 33.1. The van der Waals surface area contributed by atoms with Gasteiger partial charge in [-0.3, -0.25) is 14.4 Å². The van der Waals surface area contributed by atoms with Crippen molar-refractivity contribution in [1.29, 1.82) is 0 Å². The van der Waals surface area contributed by atoms with Crippen molar-refractivity contribution in [1.82, 2.24) is 10.2 Å². The number of anilines is 1. The Hall–Kier alpha value is -2.94. The predicted molar refractivity (Wildman–Crippen MR) is 159 cm³/mol. The summed E-state index contributed by atoms with van der Waals surface area (Å²) in [5, 5.41) is 6.54. The van der Waals surface area contributed by atoms with Crippen LogP contribution in [0.5, 0.6) is 0 Å². The Morgan fingerprint density at radius 3 is 2.60 bits per heavy atom. The van der Waals surface area contributed by atoms with Gasteiger partial charge in [0, 0.05) is 23.3 Å². The maximum Gasteiger partial charge on any atom is 0.246 e. The zero-order valence-corrected chi connectivity index (χ0v) is 25.0. The Morgan fingerprint density at radius 2 is 1.86 bits per heavy atom. The molecule has 6 rings (SSSR count). The average molecular weight is 615 g/mol. The van der Waals surface area contributed by atoms with Crippen molar-refractivity contribution in [2.24, 2.45) is 23.7 Å². The zero-order chi connectivity index (χ0) is 29.8. The first-order chi connectivity index (χ1) is 20.1. The lowest BCUT2D eigenvalue weighted by Crippen LogP contribution is -2.58. The van der Waals surface area contributed by atoms with Gasteiger partial charge in [-0.05, 0) is 60.6 Å². The molecular formula is C32H34Cl2FN3O4. The number of amides is 3. The van der Waals surface area contributed by atoms with E-state index >= 15 is 0 Å². The molecule has 1 spiro atoms. The van der Waals surface area contributed by atoms with Crippen LogP contribution in [0.25, 0.3) is 0 Å². The van der Waals surface area contributed by atoms with E-state index in [4.69, 9.17) is 27.9 Å². The molecule has 2 bridgehead atoms. The Labute approximate surface area is 254 Å². The molecule has 2 aromatic rings. The quantitative estimate of drug-likeness (QED) is 0.409. The van der Waals surface area contributed by atoms with E-state index < -0.39 is 41.3 Å². The van der Waals surface area contributed by atoms with E-state index in [0.29, 0.717) is 29.0 Å². The number of nitrogens with one attached hydrogen (secondary N) is 2. The molecule has 2 aromatic carbocycles. The van der Waals surface area contributed by atoms with Crippen molar-refractivity contribution in [2.45, 2.75) is 63.3 Å². The standard InChI is InChI=1S/C32H34Cl2FN3O4/c1-17-4-3-5-24(18(17)2)37-30(40)28-32-14-12-25(42-32)26(29(39)36-21-10-11-23(35)22(34)16-21)27(32)31(41)38(28)15-13-19-6-8-20(33)9-7-19/h6-12,14,16-18,24-28H,3-5,13,15H2,1-2H3,(H,36,39)(H,37,40). The number of nitrogens with zero attached hydrogens (tertiary/aromatic N) is 1. The highest BCUT2D eigenvalue weighted by Gasteiger charge is 2.72. The van der Waals surface area contributed by atoms with Gasteiger partial charge in [0.05, 0.1) is 23.0 Å². The fourth-order valence-electron chi connectivity index (χ4n) is 7.26. The monoisotopic (exact) mass is 613 g/mol. The van der Waals surface area contributed by atoms with Gasteiger partial charge in [-0.25, -0.2) is 4.39 Å². The van der Waals surface area contributed by atoms with Gasteiger partial charge >= 0.3 is 0 Å². The third-order valence-electron chi connectivity index (χ3n) is 9.70. The average Bonchev–Trinajstić information content (AvgIpc) is 3.60. The highest BCUT2D eigenvalue weighted by atomic mass is 35.5. The van der Waals surface area contributed by atoms with E-state index in [9.17, 15) is 18.8 Å². The number of benzene rings is 2. The molecule has 2 N–H and O–H groups in total. The zero-order valence-electron chi connectivity index (χ0n) is 23.5. The van der Waals surface area contributed by atoms with E-state index in [1.807, 2.05) is 12.1 Å². The van der Waals surface area contributed by atoms with Crippen molar-refractivity contribution in [3.8, 4) is 0 Å². The van der Waals surface area contributed by atoms with Crippen LogP contribution in [0.15, 0.2) is 54.6 Å². The number of ether oxygens (including phenoxy) is 1. The smallest absolute Gasteiger partial charge is 0.246 e. The second kappa shape index (κ2) is 11.3. The van der Waals surface area contributed by atoms with Crippen LogP contribution in [0.2, 0.25) is 10.0 Å². The second-order valence-electron chi connectivity index (χ2n) is 12.1. The van der Waals surface area contributed by atoms with Crippen LogP contribution in [0.3, 0.4) is 0 Å². The molecule has 10 heteroatoms. The lowest BCUT2D eigenvalue weighted by atomic mass is 9.73. The van der Waals surface area contributed by atoms with Gasteiger partial charge in [0.2, 0.25) is 17.7 Å². The van der Waals surface area contributed by atoms with E-state index in [-0.39, 0.29) is 29.4 Å². The minimum Gasteiger partial charge on any atom is -0.359 e. The van der Waals surface area contributed by atoms with Gasteiger partial charge in [-0.2, -0.15) is 0 Å². The van der Waals surface area contributed by atoms with Crippen LogP contribution in [0, 0.1) is 29.5 Å². The predicted octanol–water partition coefficient (Wildman–Crippen LogP) is 5.41. The Balaban J connectivity index is 1.30. The van der Waals surface area contributed by atoms with E-state index in [1.165, 1.54) is 18.2 Å². The van der Waals surface area contributed by atoms with Crippen LogP contribution in [0.1, 0.15) is 38.7 Å². The summed E-state index contributed by atoms with van der Waals surface area (Å²) in [6.45, 7) is 4.64. The van der Waals surface area contributed by atoms with Gasteiger partial charge < -0.3 is 20.3 Å². The molecule has 3 amide bonds. The topological polar surface area (TPSA) is 87.7 Å². The second-order valence-corrected chi connectivity index (χ2v) is 13.0. The first-order valence-electron chi connectivity index (χ1n) is 14.6. The number of halogens is 3. The van der Waals surface area contributed by atoms with Crippen molar-refractivity contribution in [3.05, 3.63) is 76.0 Å². The maximum absolute atomic E-state index is 14.2. The van der Waals surface area contributed by atoms with Crippen LogP contribution in [-0.4, -0.2) is 53.0 Å². The largest absolute Gasteiger partial charge is 0.359 e. The molecule has 222 valence electrons. The van der Waals surface area contributed by atoms with Crippen molar-refractivity contribution >= 4 is 46.6 Å². The summed E-state index contributed by atoms with van der Waals surface area (Å²) >= 11 is 12.0. The summed E-state index contributed by atoms with van der Waals surface area (Å²) in [5.74, 6) is -2.56. The Bertz CT molecular complexity index is 1440. The lowest BCUT2D eigenvalue weighted by Gasteiger charge is -2.38. The molecule has 1 aliphatic carbocycles. The molecule has 3 aliphatic heterocycles. The summed E-state index contributed by atoms with van der Waals surface area (Å²) in [7, 11) is 0. The van der Waals surface area contributed by atoms with Crippen molar-refractivity contribution < 1.29 is 23.5 Å². The van der Waals surface area contributed by atoms with Crippen LogP contribution in [-0.2, 0) is 25.5 Å². The summed E-state index contributed by atoms with van der Waals surface area (Å²) in [6.07, 6.45) is 6.45. The molecule has 0 aromatic heterocycles. The molecule has 3 heterocycles. The van der Waals surface area contributed by atoms with Gasteiger partial charge in [0.25, 0.3) is 0 Å².